The Morgan fingerprint density at radius 2 is 1.84 bits per heavy atom. The molecule has 0 spiro atoms. The molecule has 0 bridgehead atoms. The fraction of sp³-hybridized carbons (Fsp3) is 0.500. The van der Waals surface area contributed by atoms with Gasteiger partial charge in [-0.2, -0.15) is 18.4 Å². The smallest absolute Gasteiger partial charge is 0.322 e. The van der Waals surface area contributed by atoms with E-state index in [1.54, 1.807) is 11.0 Å². The number of likely N-dealkylation sites (tertiary alicyclic amines) is 1. The van der Waals surface area contributed by atoms with Gasteiger partial charge in [0, 0.05) is 18.3 Å². The van der Waals surface area contributed by atoms with Crippen LogP contribution in [0.1, 0.15) is 67.6 Å². The molecule has 1 aliphatic heterocycles. The van der Waals surface area contributed by atoms with Gasteiger partial charge in [-0.05, 0) is 106 Å². The van der Waals surface area contributed by atoms with Gasteiger partial charge in [0.05, 0.1) is 22.2 Å². The van der Waals surface area contributed by atoms with Crippen LogP contribution in [0, 0.1) is 11.3 Å². The van der Waals surface area contributed by atoms with Gasteiger partial charge in [-0.3, -0.25) is 0 Å². The van der Waals surface area contributed by atoms with Gasteiger partial charge in [0.2, 0.25) is 0 Å². The molecule has 0 aromatic heterocycles. The first-order valence-corrected chi connectivity index (χ1v) is 13.3. The van der Waals surface area contributed by atoms with E-state index in [9.17, 15) is 23.2 Å². The SMILES string of the molecule is N#Cc1cccc([C@H]2CC[C@@H](N(CCCN3CCCC3)C(=O)Nc3ccc(Cl)c(C(F)(F)F)c3)CC2)c1. The van der Waals surface area contributed by atoms with E-state index >= 15 is 0 Å². The van der Waals surface area contributed by atoms with Crippen LogP contribution in [0.3, 0.4) is 0 Å². The number of amides is 2. The molecule has 4 rings (SSSR count). The number of halogens is 4. The lowest BCUT2D eigenvalue weighted by Gasteiger charge is -2.37. The van der Waals surface area contributed by atoms with Crippen molar-refractivity contribution in [2.24, 2.45) is 0 Å². The normalized spacial score (nSPS) is 20.4. The standard InChI is InChI=1S/C28H32ClF3N4O/c29-26-12-9-23(18-25(26)28(30,31)32)34-27(37)36(16-4-15-35-13-1-2-14-35)24-10-7-21(8-11-24)22-6-3-5-20(17-22)19-33/h3,5-6,9,12,17-18,21,24H,1-2,4,7-8,10-11,13-16H2,(H,34,37)/t21-,24+. The van der Waals surface area contributed by atoms with Gasteiger partial charge in [-0.15, -0.1) is 0 Å². The average Bonchev–Trinajstić information content (AvgIpc) is 3.41. The van der Waals surface area contributed by atoms with Crippen LogP contribution in [0.5, 0.6) is 0 Å². The number of alkyl halides is 3. The Morgan fingerprint density at radius 1 is 1.11 bits per heavy atom. The Hall–Kier alpha value is -2.76. The molecule has 37 heavy (non-hydrogen) atoms. The fourth-order valence-electron chi connectivity index (χ4n) is 5.52. The molecule has 1 saturated heterocycles. The predicted octanol–water partition coefficient (Wildman–Crippen LogP) is 7.28. The maximum absolute atomic E-state index is 13.4. The number of nitrogens with one attached hydrogen (secondary N) is 1. The number of carbonyl (C=O) groups is 1. The number of nitrogens with zero attached hydrogens (tertiary/aromatic N) is 3. The lowest BCUT2D eigenvalue weighted by molar-refractivity contribution is -0.137. The molecular formula is C28H32ClF3N4O. The van der Waals surface area contributed by atoms with Gasteiger partial charge in [0.15, 0.2) is 0 Å². The summed E-state index contributed by atoms with van der Waals surface area (Å²) in [5.41, 5.74) is 0.896. The van der Waals surface area contributed by atoms with Crippen molar-refractivity contribution in [2.45, 2.75) is 63.1 Å². The molecule has 2 aromatic rings. The van der Waals surface area contributed by atoms with E-state index in [1.165, 1.54) is 18.9 Å². The molecule has 1 saturated carbocycles. The van der Waals surface area contributed by atoms with Gasteiger partial charge < -0.3 is 15.1 Å². The summed E-state index contributed by atoms with van der Waals surface area (Å²) in [6.07, 6.45) is 1.96. The minimum Gasteiger partial charge on any atom is -0.322 e. The number of nitriles is 1. The average molecular weight is 533 g/mol. The second-order valence-electron chi connectivity index (χ2n) is 9.96. The van der Waals surface area contributed by atoms with Crippen LogP contribution in [0.25, 0.3) is 0 Å². The lowest BCUT2D eigenvalue weighted by atomic mass is 9.81. The minimum absolute atomic E-state index is 0.00312. The van der Waals surface area contributed by atoms with E-state index in [4.69, 9.17) is 11.6 Å². The van der Waals surface area contributed by atoms with E-state index < -0.39 is 16.8 Å². The van der Waals surface area contributed by atoms with Crippen LogP contribution in [0.2, 0.25) is 5.02 Å². The molecule has 1 heterocycles. The Kier molecular flexibility index (Phi) is 8.99. The summed E-state index contributed by atoms with van der Waals surface area (Å²) in [4.78, 5) is 17.6. The van der Waals surface area contributed by atoms with Crippen molar-refractivity contribution in [2.75, 3.05) is 31.5 Å². The first-order chi connectivity index (χ1) is 17.7. The van der Waals surface area contributed by atoms with Crippen LogP contribution in [0.4, 0.5) is 23.7 Å². The van der Waals surface area contributed by atoms with E-state index in [2.05, 4.69) is 16.3 Å². The summed E-state index contributed by atoms with van der Waals surface area (Å²) >= 11 is 5.75. The van der Waals surface area contributed by atoms with Crippen molar-refractivity contribution in [1.29, 1.82) is 5.26 Å². The molecule has 0 unspecified atom stereocenters. The number of anilines is 1. The first-order valence-electron chi connectivity index (χ1n) is 12.9. The topological polar surface area (TPSA) is 59.4 Å². The highest BCUT2D eigenvalue weighted by Gasteiger charge is 2.34. The molecule has 5 nitrogen and oxygen atoms in total. The lowest BCUT2D eigenvalue weighted by Crippen LogP contribution is -2.45. The van der Waals surface area contributed by atoms with Crippen molar-refractivity contribution in [1.82, 2.24) is 9.80 Å². The van der Waals surface area contributed by atoms with Crippen LogP contribution in [-0.4, -0.2) is 48.1 Å². The van der Waals surface area contributed by atoms with Crippen molar-refractivity contribution >= 4 is 23.3 Å². The molecular weight excluding hydrogens is 501 g/mol. The zero-order chi connectivity index (χ0) is 26.4. The molecule has 9 heteroatoms. The van der Waals surface area contributed by atoms with Crippen molar-refractivity contribution in [3.05, 3.63) is 64.2 Å². The van der Waals surface area contributed by atoms with Crippen molar-refractivity contribution in [3.8, 4) is 6.07 Å². The highest BCUT2D eigenvalue weighted by atomic mass is 35.5. The van der Waals surface area contributed by atoms with Gasteiger partial charge in [-0.25, -0.2) is 4.79 Å². The summed E-state index contributed by atoms with van der Waals surface area (Å²) < 4.78 is 40.0. The van der Waals surface area contributed by atoms with Crippen LogP contribution in [-0.2, 0) is 6.18 Å². The van der Waals surface area contributed by atoms with E-state index in [0.29, 0.717) is 18.0 Å². The van der Waals surface area contributed by atoms with Crippen molar-refractivity contribution in [3.63, 3.8) is 0 Å². The molecule has 0 atom stereocenters. The van der Waals surface area contributed by atoms with Gasteiger partial charge in [0.25, 0.3) is 0 Å². The third kappa shape index (κ3) is 7.18. The molecule has 198 valence electrons. The predicted molar refractivity (Wildman–Crippen MR) is 139 cm³/mol. The number of benzene rings is 2. The monoisotopic (exact) mass is 532 g/mol. The third-order valence-corrected chi connectivity index (χ3v) is 7.81. The summed E-state index contributed by atoms with van der Waals surface area (Å²) in [7, 11) is 0. The quantitative estimate of drug-likeness (QED) is 0.407. The largest absolute Gasteiger partial charge is 0.417 e. The second-order valence-corrected chi connectivity index (χ2v) is 10.4. The van der Waals surface area contributed by atoms with Gasteiger partial charge in [0.1, 0.15) is 0 Å². The summed E-state index contributed by atoms with van der Waals surface area (Å²) in [6, 6.07) is 12.9. The molecule has 0 radical (unpaired) electrons. The molecule has 2 aromatic carbocycles. The Morgan fingerprint density at radius 3 is 2.51 bits per heavy atom. The minimum atomic E-state index is -4.60. The molecule has 2 aliphatic rings. The highest BCUT2D eigenvalue weighted by molar-refractivity contribution is 6.31. The van der Waals surface area contributed by atoms with Crippen LogP contribution >= 0.6 is 11.6 Å². The van der Waals surface area contributed by atoms with Gasteiger partial charge in [-0.1, -0.05) is 23.7 Å². The number of rotatable bonds is 7. The van der Waals surface area contributed by atoms with Crippen LogP contribution in [0.15, 0.2) is 42.5 Å². The fourth-order valence-corrected chi connectivity index (χ4v) is 5.74. The third-order valence-electron chi connectivity index (χ3n) is 7.48. The number of urea groups is 1. The van der Waals surface area contributed by atoms with Gasteiger partial charge >= 0.3 is 12.2 Å². The number of carbonyl (C=O) groups excluding carboxylic acids is 1. The summed E-state index contributed by atoms with van der Waals surface area (Å²) in [5.74, 6) is 0.324. The molecule has 2 fully saturated rings. The Bertz CT molecular complexity index is 1120. The summed E-state index contributed by atoms with van der Waals surface area (Å²) in [6.45, 7) is 3.59. The van der Waals surface area contributed by atoms with Crippen LogP contribution < -0.4 is 5.32 Å². The number of hydrogen-bond acceptors (Lipinski definition) is 3. The Labute approximate surface area is 221 Å². The van der Waals surface area contributed by atoms with E-state index in [-0.39, 0.29) is 17.8 Å². The van der Waals surface area contributed by atoms with E-state index in [0.717, 1.165) is 69.4 Å². The van der Waals surface area contributed by atoms with E-state index in [1.807, 2.05) is 18.2 Å². The van der Waals surface area contributed by atoms with Crippen molar-refractivity contribution < 1.29 is 18.0 Å². The molecule has 1 N–H and O–H groups in total. The molecule has 1 aliphatic carbocycles. The maximum Gasteiger partial charge on any atom is 0.417 e. The second kappa shape index (κ2) is 12.2. The zero-order valence-electron chi connectivity index (χ0n) is 20.7. The zero-order valence-corrected chi connectivity index (χ0v) is 21.5. The molecule has 2 amide bonds. The summed E-state index contributed by atoms with van der Waals surface area (Å²) in [5, 5.41) is 11.5. The first kappa shape index (κ1) is 27.3. The highest BCUT2D eigenvalue weighted by Crippen LogP contribution is 2.37. The maximum atomic E-state index is 13.4. The Balaban J connectivity index is 1.44. The number of hydrogen-bond donors (Lipinski definition) is 1.